The average Bonchev–Trinajstić information content (AvgIpc) is 3.47. The number of nitrogens with zero attached hydrogens (tertiary/aromatic N) is 4. The summed E-state index contributed by atoms with van der Waals surface area (Å²) < 4.78 is 4.69. The monoisotopic (exact) mass is 436 g/mol. The molecule has 4 aromatic rings. The minimum atomic E-state index is -0.461. The van der Waals surface area contributed by atoms with Crippen molar-refractivity contribution >= 4 is 28.3 Å². The second-order valence-electron chi connectivity index (χ2n) is 7.00. The number of methoxy groups -OCH3 is 1. The summed E-state index contributed by atoms with van der Waals surface area (Å²) in [6, 6.07) is 7.59. The number of nitrogens with one attached hydrogen (secondary N) is 2. The molecular formula is C21H20N6O3S. The number of carbonyl (C=O) groups is 2. The molecule has 9 nitrogen and oxygen atoms in total. The van der Waals surface area contributed by atoms with E-state index in [-0.39, 0.29) is 5.69 Å². The van der Waals surface area contributed by atoms with E-state index in [1.165, 1.54) is 23.2 Å². The van der Waals surface area contributed by atoms with Gasteiger partial charge < -0.3 is 9.72 Å². The normalized spacial score (nSPS) is 10.8. The van der Waals surface area contributed by atoms with Gasteiger partial charge in [-0.1, -0.05) is 17.7 Å². The smallest absolute Gasteiger partial charge is 0.354 e. The number of aromatic amines is 1. The largest absolute Gasteiger partial charge is 0.464 e. The highest BCUT2D eigenvalue weighted by molar-refractivity contribution is 7.14. The summed E-state index contributed by atoms with van der Waals surface area (Å²) in [5.41, 5.74) is 5.39. The fourth-order valence-electron chi connectivity index (χ4n) is 3.12. The molecule has 0 unspecified atom stereocenters. The van der Waals surface area contributed by atoms with Gasteiger partial charge in [-0.25, -0.2) is 9.78 Å². The highest BCUT2D eigenvalue weighted by Gasteiger charge is 2.19. The lowest BCUT2D eigenvalue weighted by Crippen LogP contribution is -2.14. The lowest BCUT2D eigenvalue weighted by atomic mass is 10.1. The van der Waals surface area contributed by atoms with Gasteiger partial charge in [-0.3, -0.25) is 10.1 Å². The van der Waals surface area contributed by atoms with Gasteiger partial charge in [0.2, 0.25) is 0 Å². The maximum atomic E-state index is 12.8. The molecule has 3 aromatic heterocycles. The van der Waals surface area contributed by atoms with Gasteiger partial charge in [0.1, 0.15) is 5.69 Å². The van der Waals surface area contributed by atoms with E-state index in [4.69, 9.17) is 4.74 Å². The summed E-state index contributed by atoms with van der Waals surface area (Å²) >= 11 is 1.28. The predicted octanol–water partition coefficient (Wildman–Crippen LogP) is 3.68. The Balaban J connectivity index is 1.52. The molecule has 3 heterocycles. The van der Waals surface area contributed by atoms with Crippen LogP contribution >= 0.6 is 11.3 Å². The number of aryl methyl sites for hydroxylation is 3. The van der Waals surface area contributed by atoms with Crippen LogP contribution in [0.4, 0.5) is 5.13 Å². The van der Waals surface area contributed by atoms with Gasteiger partial charge in [0.05, 0.1) is 24.2 Å². The molecule has 0 spiro atoms. The highest BCUT2D eigenvalue weighted by Crippen LogP contribution is 2.26. The van der Waals surface area contributed by atoms with Gasteiger partial charge in [0, 0.05) is 17.1 Å². The fraction of sp³-hybridized carbons (Fsp3) is 0.190. The Morgan fingerprint density at radius 3 is 2.71 bits per heavy atom. The third-order valence-electron chi connectivity index (χ3n) is 4.67. The molecule has 2 N–H and O–H groups in total. The number of H-pyrrole nitrogens is 1. The van der Waals surface area contributed by atoms with Crippen molar-refractivity contribution in [2.24, 2.45) is 0 Å². The number of thiazole rings is 1. The Morgan fingerprint density at radius 2 is 1.97 bits per heavy atom. The van der Waals surface area contributed by atoms with Crippen molar-refractivity contribution in [3.05, 3.63) is 64.1 Å². The first-order valence-electron chi connectivity index (χ1n) is 9.41. The summed E-state index contributed by atoms with van der Waals surface area (Å²) in [7, 11) is 1.32. The van der Waals surface area contributed by atoms with Crippen LogP contribution in [-0.4, -0.2) is 43.9 Å². The predicted molar refractivity (Wildman–Crippen MR) is 117 cm³/mol. The highest BCUT2D eigenvalue weighted by atomic mass is 32.1. The van der Waals surface area contributed by atoms with Crippen LogP contribution in [0.15, 0.2) is 35.8 Å². The Labute approximate surface area is 182 Å². The van der Waals surface area contributed by atoms with Gasteiger partial charge in [-0.2, -0.15) is 9.90 Å². The van der Waals surface area contributed by atoms with Crippen molar-refractivity contribution < 1.29 is 14.3 Å². The second-order valence-corrected chi connectivity index (χ2v) is 7.86. The second kappa shape index (κ2) is 8.15. The first kappa shape index (κ1) is 20.5. The Hall–Kier alpha value is -3.79. The van der Waals surface area contributed by atoms with Gasteiger partial charge in [-0.15, -0.1) is 16.4 Å². The first-order valence-corrected chi connectivity index (χ1v) is 10.3. The summed E-state index contributed by atoms with van der Waals surface area (Å²) in [6.45, 7) is 5.73. The molecule has 31 heavy (non-hydrogen) atoms. The lowest BCUT2D eigenvalue weighted by Gasteiger charge is -2.04. The van der Waals surface area contributed by atoms with E-state index in [0.29, 0.717) is 27.8 Å². The third kappa shape index (κ3) is 4.10. The maximum absolute atomic E-state index is 12.8. The fourth-order valence-corrected chi connectivity index (χ4v) is 3.83. The van der Waals surface area contributed by atoms with E-state index in [2.05, 4.69) is 25.5 Å². The molecule has 158 valence electrons. The number of ether oxygens (including phenoxy) is 1. The Morgan fingerprint density at radius 1 is 1.16 bits per heavy atom. The van der Waals surface area contributed by atoms with Crippen LogP contribution in [0.5, 0.6) is 0 Å². The molecule has 0 aliphatic carbocycles. The summed E-state index contributed by atoms with van der Waals surface area (Å²) in [5, 5.41) is 13.7. The number of amides is 1. The molecule has 4 rings (SSSR count). The zero-order valence-corrected chi connectivity index (χ0v) is 18.2. The zero-order chi connectivity index (χ0) is 22.1. The first-order chi connectivity index (χ1) is 14.9. The molecular weight excluding hydrogens is 416 g/mol. The minimum Gasteiger partial charge on any atom is -0.464 e. The summed E-state index contributed by atoms with van der Waals surface area (Å²) in [5.74, 6) is -0.851. The number of carbonyl (C=O) groups excluding carboxylic acids is 2. The number of hydrogen-bond donors (Lipinski definition) is 2. The van der Waals surface area contributed by atoms with Crippen molar-refractivity contribution in [1.29, 1.82) is 0 Å². The maximum Gasteiger partial charge on any atom is 0.354 e. The molecule has 0 aliphatic rings. The SMILES string of the molecule is COC(=O)c1cc(-c2csc(NC(=O)c3nn(-c4ccc(C)cc4C)nc3C)n2)c[nH]1. The number of benzene rings is 1. The van der Waals surface area contributed by atoms with E-state index in [1.807, 2.05) is 32.0 Å². The van der Waals surface area contributed by atoms with E-state index in [1.54, 1.807) is 24.6 Å². The molecule has 10 heteroatoms. The standard InChI is InChI=1S/C21H20N6O3S/c1-11-5-6-17(12(2)7-11)27-25-13(3)18(26-27)19(28)24-21-23-16(10-31-21)14-8-15(22-9-14)20(29)30-4/h5-10,22H,1-4H3,(H,23,24,28). The number of aromatic nitrogens is 5. The van der Waals surface area contributed by atoms with Gasteiger partial charge in [0.15, 0.2) is 10.8 Å². The van der Waals surface area contributed by atoms with Crippen LogP contribution < -0.4 is 5.32 Å². The van der Waals surface area contributed by atoms with Crippen molar-refractivity contribution in [3.63, 3.8) is 0 Å². The molecule has 0 atom stereocenters. The van der Waals surface area contributed by atoms with Crippen LogP contribution in [-0.2, 0) is 4.74 Å². The van der Waals surface area contributed by atoms with Crippen LogP contribution in [0.3, 0.4) is 0 Å². The van der Waals surface area contributed by atoms with Crippen molar-refractivity contribution in [2.75, 3.05) is 12.4 Å². The van der Waals surface area contributed by atoms with E-state index in [9.17, 15) is 9.59 Å². The zero-order valence-electron chi connectivity index (χ0n) is 17.4. The molecule has 0 saturated carbocycles. The minimum absolute atomic E-state index is 0.228. The topological polar surface area (TPSA) is 115 Å². The van der Waals surface area contributed by atoms with Gasteiger partial charge in [0.25, 0.3) is 5.91 Å². The molecule has 0 aliphatic heterocycles. The van der Waals surface area contributed by atoms with Crippen LogP contribution in [0.1, 0.15) is 37.8 Å². The Bertz CT molecular complexity index is 1290. The molecule has 1 amide bonds. The number of hydrogen-bond acceptors (Lipinski definition) is 7. The van der Waals surface area contributed by atoms with E-state index >= 15 is 0 Å². The van der Waals surface area contributed by atoms with E-state index < -0.39 is 11.9 Å². The summed E-state index contributed by atoms with van der Waals surface area (Å²) in [4.78, 5) is 33.1. The average molecular weight is 436 g/mol. The molecule has 0 bridgehead atoms. The molecule has 1 aromatic carbocycles. The van der Waals surface area contributed by atoms with Crippen molar-refractivity contribution in [2.45, 2.75) is 20.8 Å². The summed E-state index contributed by atoms with van der Waals surface area (Å²) in [6.07, 6.45) is 1.66. The van der Waals surface area contributed by atoms with E-state index in [0.717, 1.165) is 16.8 Å². The van der Waals surface area contributed by atoms with Crippen molar-refractivity contribution in [3.8, 4) is 16.9 Å². The van der Waals surface area contributed by atoms with Gasteiger partial charge in [-0.05, 0) is 38.5 Å². The van der Waals surface area contributed by atoms with Crippen LogP contribution in [0.25, 0.3) is 16.9 Å². The quantitative estimate of drug-likeness (QED) is 0.461. The molecule has 0 saturated heterocycles. The molecule has 0 fully saturated rings. The number of esters is 1. The third-order valence-corrected chi connectivity index (χ3v) is 5.43. The van der Waals surface area contributed by atoms with Crippen LogP contribution in [0.2, 0.25) is 0 Å². The van der Waals surface area contributed by atoms with Gasteiger partial charge >= 0.3 is 5.97 Å². The Kier molecular flexibility index (Phi) is 5.38. The van der Waals surface area contributed by atoms with Crippen molar-refractivity contribution in [1.82, 2.24) is 25.0 Å². The molecule has 0 radical (unpaired) electrons. The van der Waals surface area contributed by atoms with Crippen LogP contribution in [0, 0.1) is 20.8 Å². The number of anilines is 1. The lowest BCUT2D eigenvalue weighted by molar-refractivity contribution is 0.0594. The number of rotatable bonds is 5.